The zero-order valence-corrected chi connectivity index (χ0v) is 14.7. The number of nitrogens with zero attached hydrogens (tertiary/aromatic N) is 3. The zero-order chi connectivity index (χ0) is 14.7. The van der Waals surface area contributed by atoms with Crippen molar-refractivity contribution in [3.05, 3.63) is 50.7 Å². The monoisotopic (exact) mass is 400 g/mol. The maximum Gasteiger partial charge on any atom is 0.0739 e. The molecule has 1 unspecified atom stereocenters. The highest BCUT2D eigenvalue weighted by atomic mass is 79.9. The molecular formula is C14H18Br2N4. The summed E-state index contributed by atoms with van der Waals surface area (Å²) in [7, 11) is 4.10. The number of aromatic nitrogens is 2. The van der Waals surface area contributed by atoms with E-state index < -0.39 is 0 Å². The number of likely N-dealkylation sites (N-methyl/N-ethyl adjacent to an activating group) is 1. The van der Waals surface area contributed by atoms with Crippen molar-refractivity contribution in [2.45, 2.75) is 12.6 Å². The molecule has 0 spiro atoms. The molecule has 1 heterocycles. The van der Waals surface area contributed by atoms with E-state index in [0.717, 1.165) is 33.3 Å². The van der Waals surface area contributed by atoms with E-state index >= 15 is 0 Å². The molecule has 2 N–H and O–H groups in total. The topological polar surface area (TPSA) is 47.1 Å². The smallest absolute Gasteiger partial charge is 0.0739 e. The molecular weight excluding hydrogens is 384 g/mol. The van der Waals surface area contributed by atoms with E-state index in [4.69, 9.17) is 5.73 Å². The van der Waals surface area contributed by atoms with E-state index in [0.29, 0.717) is 0 Å². The minimum atomic E-state index is -0.192. The first-order valence-corrected chi connectivity index (χ1v) is 7.94. The van der Waals surface area contributed by atoms with Crippen LogP contribution >= 0.6 is 31.9 Å². The second-order valence-corrected chi connectivity index (χ2v) is 6.70. The molecule has 0 aliphatic rings. The van der Waals surface area contributed by atoms with Crippen molar-refractivity contribution in [2.24, 2.45) is 5.73 Å². The van der Waals surface area contributed by atoms with Crippen LogP contribution in [0.5, 0.6) is 0 Å². The maximum atomic E-state index is 6.40. The van der Waals surface area contributed by atoms with Crippen LogP contribution in [-0.4, -0.2) is 35.3 Å². The highest BCUT2D eigenvalue weighted by Crippen LogP contribution is 2.27. The lowest BCUT2D eigenvalue weighted by molar-refractivity contribution is 0.368. The van der Waals surface area contributed by atoms with Crippen LogP contribution in [0, 0.1) is 0 Å². The standard InChI is InChI=1S/C14H18Br2N4/c1-19(2)7-8-20-14(12(16)9-18-20)13(17)10-3-5-11(15)6-4-10/h3-6,9,13H,7-8,17H2,1-2H3. The Kier molecular flexibility index (Phi) is 5.37. The molecule has 0 fully saturated rings. The molecule has 0 bridgehead atoms. The number of nitrogens with two attached hydrogens (primary N) is 1. The molecule has 0 aliphatic heterocycles. The molecule has 1 atom stereocenters. The predicted octanol–water partition coefficient (Wildman–Crippen LogP) is 3.02. The summed E-state index contributed by atoms with van der Waals surface area (Å²) >= 11 is 6.99. The number of halogens is 2. The van der Waals surface area contributed by atoms with Crippen molar-refractivity contribution in [2.75, 3.05) is 20.6 Å². The van der Waals surface area contributed by atoms with E-state index in [-0.39, 0.29) is 6.04 Å². The summed E-state index contributed by atoms with van der Waals surface area (Å²) in [6.45, 7) is 1.74. The van der Waals surface area contributed by atoms with Gasteiger partial charge in [0.2, 0.25) is 0 Å². The van der Waals surface area contributed by atoms with Gasteiger partial charge in [0.15, 0.2) is 0 Å². The SMILES string of the molecule is CN(C)CCn1ncc(Br)c1C(N)c1ccc(Br)cc1. The normalized spacial score (nSPS) is 12.9. The summed E-state index contributed by atoms with van der Waals surface area (Å²) < 4.78 is 3.97. The van der Waals surface area contributed by atoms with E-state index in [1.54, 1.807) is 0 Å². The molecule has 0 amide bonds. The van der Waals surface area contributed by atoms with Gasteiger partial charge < -0.3 is 10.6 Å². The Labute approximate surface area is 136 Å². The minimum Gasteiger partial charge on any atom is -0.319 e. The number of hydrogen-bond donors (Lipinski definition) is 1. The predicted molar refractivity (Wildman–Crippen MR) is 88.7 cm³/mol. The lowest BCUT2D eigenvalue weighted by atomic mass is 10.0. The summed E-state index contributed by atoms with van der Waals surface area (Å²) in [5.74, 6) is 0. The van der Waals surface area contributed by atoms with Crippen LogP contribution in [0.3, 0.4) is 0 Å². The number of hydrogen-bond acceptors (Lipinski definition) is 3. The average molecular weight is 402 g/mol. The summed E-state index contributed by atoms with van der Waals surface area (Å²) in [6, 6.07) is 7.88. The third-order valence-corrected chi connectivity index (χ3v) is 4.26. The zero-order valence-electron chi connectivity index (χ0n) is 11.6. The molecule has 1 aromatic heterocycles. The minimum absolute atomic E-state index is 0.192. The number of benzene rings is 1. The van der Waals surface area contributed by atoms with Crippen LogP contribution in [0.15, 0.2) is 39.4 Å². The maximum absolute atomic E-state index is 6.40. The third-order valence-electron chi connectivity index (χ3n) is 3.12. The van der Waals surface area contributed by atoms with Crippen molar-refractivity contribution < 1.29 is 0 Å². The molecule has 2 aromatic rings. The molecule has 0 saturated heterocycles. The van der Waals surface area contributed by atoms with Crippen molar-refractivity contribution in [1.29, 1.82) is 0 Å². The van der Waals surface area contributed by atoms with Gasteiger partial charge in [-0.2, -0.15) is 5.10 Å². The van der Waals surface area contributed by atoms with Crippen molar-refractivity contribution in [3.8, 4) is 0 Å². The van der Waals surface area contributed by atoms with Crippen LogP contribution in [0.4, 0.5) is 0 Å². The second kappa shape index (κ2) is 6.85. The van der Waals surface area contributed by atoms with Gasteiger partial charge in [0.25, 0.3) is 0 Å². The Balaban J connectivity index is 2.26. The van der Waals surface area contributed by atoms with Gasteiger partial charge in [0.05, 0.1) is 29.0 Å². The second-order valence-electron chi connectivity index (χ2n) is 4.93. The summed E-state index contributed by atoms with van der Waals surface area (Å²) in [5, 5.41) is 4.41. The average Bonchev–Trinajstić information content (AvgIpc) is 2.77. The first kappa shape index (κ1) is 15.7. The molecule has 108 valence electrons. The van der Waals surface area contributed by atoms with Gasteiger partial charge >= 0.3 is 0 Å². The van der Waals surface area contributed by atoms with Crippen LogP contribution < -0.4 is 5.73 Å². The highest BCUT2D eigenvalue weighted by Gasteiger charge is 2.18. The van der Waals surface area contributed by atoms with Gasteiger partial charge in [-0.25, -0.2) is 0 Å². The van der Waals surface area contributed by atoms with Crippen molar-refractivity contribution in [3.63, 3.8) is 0 Å². The van der Waals surface area contributed by atoms with Crippen LogP contribution in [0.1, 0.15) is 17.3 Å². The van der Waals surface area contributed by atoms with Gasteiger partial charge in [0.1, 0.15) is 0 Å². The van der Waals surface area contributed by atoms with Crippen molar-refractivity contribution >= 4 is 31.9 Å². The Morgan fingerprint density at radius 1 is 1.25 bits per heavy atom. The van der Waals surface area contributed by atoms with Crippen LogP contribution in [-0.2, 0) is 6.54 Å². The lowest BCUT2D eigenvalue weighted by Gasteiger charge is -2.17. The molecule has 4 nitrogen and oxygen atoms in total. The fraction of sp³-hybridized carbons (Fsp3) is 0.357. The summed E-state index contributed by atoms with van der Waals surface area (Å²) in [5.41, 5.74) is 8.48. The van der Waals surface area contributed by atoms with E-state index in [9.17, 15) is 0 Å². The molecule has 0 aliphatic carbocycles. The van der Waals surface area contributed by atoms with E-state index in [1.807, 2.05) is 49.2 Å². The van der Waals surface area contributed by atoms with Gasteiger partial charge in [-0.1, -0.05) is 28.1 Å². The fourth-order valence-corrected chi connectivity index (χ4v) is 2.79. The van der Waals surface area contributed by atoms with Gasteiger partial charge in [-0.15, -0.1) is 0 Å². The molecule has 2 rings (SSSR count). The first-order valence-electron chi connectivity index (χ1n) is 6.36. The van der Waals surface area contributed by atoms with Crippen LogP contribution in [0.25, 0.3) is 0 Å². The Morgan fingerprint density at radius 2 is 1.90 bits per heavy atom. The Bertz CT molecular complexity index is 563. The van der Waals surface area contributed by atoms with Gasteiger partial charge in [-0.3, -0.25) is 4.68 Å². The molecule has 1 aromatic carbocycles. The fourth-order valence-electron chi connectivity index (χ4n) is 1.98. The first-order chi connectivity index (χ1) is 9.49. The molecule has 0 radical (unpaired) electrons. The largest absolute Gasteiger partial charge is 0.319 e. The Morgan fingerprint density at radius 3 is 2.50 bits per heavy atom. The Hall–Kier alpha value is -0.690. The van der Waals surface area contributed by atoms with Crippen molar-refractivity contribution in [1.82, 2.24) is 14.7 Å². The third kappa shape index (κ3) is 3.69. The highest BCUT2D eigenvalue weighted by molar-refractivity contribution is 9.10. The molecule has 20 heavy (non-hydrogen) atoms. The summed E-state index contributed by atoms with van der Waals surface area (Å²) in [6.07, 6.45) is 1.81. The van der Waals surface area contributed by atoms with Crippen LogP contribution in [0.2, 0.25) is 0 Å². The summed E-state index contributed by atoms with van der Waals surface area (Å²) in [4.78, 5) is 2.13. The quantitative estimate of drug-likeness (QED) is 0.837. The van der Waals surface area contributed by atoms with E-state index in [2.05, 4.69) is 41.9 Å². The lowest BCUT2D eigenvalue weighted by Crippen LogP contribution is -2.23. The van der Waals surface area contributed by atoms with Gasteiger partial charge in [0, 0.05) is 11.0 Å². The molecule has 0 saturated carbocycles. The number of rotatable bonds is 5. The van der Waals surface area contributed by atoms with Gasteiger partial charge in [-0.05, 0) is 47.7 Å². The molecule has 6 heteroatoms. The van der Waals surface area contributed by atoms with E-state index in [1.165, 1.54) is 0 Å².